The molecule has 2 atom stereocenters. The van der Waals surface area contributed by atoms with Crippen LogP contribution in [-0.2, 0) is 4.79 Å². The lowest BCUT2D eigenvalue weighted by Gasteiger charge is -2.19. The average molecular weight is 351 g/mol. The van der Waals surface area contributed by atoms with E-state index in [1.165, 1.54) is 11.1 Å². The van der Waals surface area contributed by atoms with Gasteiger partial charge < -0.3 is 20.1 Å². The van der Waals surface area contributed by atoms with Crippen LogP contribution >= 0.6 is 12.4 Å². The number of benzene rings is 1. The standard InChI is InChI=1S/C18H22N2O3.ClH/c21-18(20-11-12-3-5-19-6-4-12)15-10-14(15)13-1-2-16-17(9-13)23-8-7-22-16;/h1-3,9,14-15,19H,4-8,10-11H2,(H,20,21);1H. The number of nitrogens with one attached hydrogen (secondary N) is 2. The molecule has 1 aromatic carbocycles. The molecule has 1 aromatic rings. The van der Waals surface area contributed by atoms with Crippen LogP contribution in [0.15, 0.2) is 29.8 Å². The van der Waals surface area contributed by atoms with Crippen LogP contribution < -0.4 is 20.1 Å². The van der Waals surface area contributed by atoms with Crippen LogP contribution in [0.25, 0.3) is 0 Å². The molecule has 0 aromatic heterocycles. The fraction of sp³-hybridized carbons (Fsp3) is 0.500. The van der Waals surface area contributed by atoms with Gasteiger partial charge >= 0.3 is 0 Å². The lowest BCUT2D eigenvalue weighted by atomic mass is 10.1. The molecule has 130 valence electrons. The summed E-state index contributed by atoms with van der Waals surface area (Å²) in [5.74, 6) is 2.19. The molecule has 1 aliphatic carbocycles. The first-order valence-corrected chi connectivity index (χ1v) is 8.37. The van der Waals surface area contributed by atoms with Gasteiger partial charge in [0.25, 0.3) is 0 Å². The second-order valence-corrected chi connectivity index (χ2v) is 6.39. The zero-order chi connectivity index (χ0) is 15.6. The van der Waals surface area contributed by atoms with Crippen molar-refractivity contribution in [3.63, 3.8) is 0 Å². The summed E-state index contributed by atoms with van der Waals surface area (Å²) in [5.41, 5.74) is 2.50. The van der Waals surface area contributed by atoms with Crippen LogP contribution in [0.4, 0.5) is 0 Å². The van der Waals surface area contributed by atoms with E-state index in [0.717, 1.165) is 37.4 Å². The third-order valence-corrected chi connectivity index (χ3v) is 4.77. The molecule has 6 heteroatoms. The SMILES string of the molecule is Cl.O=C(NCC1=CCNCC1)C1CC1c1ccc2c(c1)OCCO2. The highest BCUT2D eigenvalue weighted by Gasteiger charge is 2.44. The maximum absolute atomic E-state index is 12.3. The third-order valence-electron chi connectivity index (χ3n) is 4.77. The van der Waals surface area contributed by atoms with E-state index in [1.807, 2.05) is 12.1 Å². The van der Waals surface area contributed by atoms with Gasteiger partial charge in [-0.25, -0.2) is 0 Å². The summed E-state index contributed by atoms with van der Waals surface area (Å²) >= 11 is 0. The lowest BCUT2D eigenvalue weighted by molar-refractivity contribution is -0.122. The van der Waals surface area contributed by atoms with Crippen molar-refractivity contribution in [3.05, 3.63) is 35.4 Å². The Morgan fingerprint density at radius 2 is 2.08 bits per heavy atom. The van der Waals surface area contributed by atoms with Gasteiger partial charge in [-0.1, -0.05) is 17.7 Å². The third kappa shape index (κ3) is 3.68. The van der Waals surface area contributed by atoms with Crippen molar-refractivity contribution in [3.8, 4) is 11.5 Å². The normalized spacial score (nSPS) is 24.4. The number of hydrogen-bond acceptors (Lipinski definition) is 4. The second kappa shape index (κ2) is 7.45. The minimum atomic E-state index is 0. The summed E-state index contributed by atoms with van der Waals surface area (Å²) < 4.78 is 11.2. The summed E-state index contributed by atoms with van der Waals surface area (Å²) in [6, 6.07) is 6.04. The smallest absolute Gasteiger partial charge is 0.224 e. The zero-order valence-corrected chi connectivity index (χ0v) is 14.4. The van der Waals surface area contributed by atoms with Crippen molar-refractivity contribution in [2.24, 2.45) is 5.92 Å². The minimum Gasteiger partial charge on any atom is -0.486 e. The Hall–Kier alpha value is -1.72. The highest BCUT2D eigenvalue weighted by molar-refractivity contribution is 5.85. The number of hydrogen-bond donors (Lipinski definition) is 2. The van der Waals surface area contributed by atoms with Crippen LogP contribution in [0, 0.1) is 5.92 Å². The number of rotatable bonds is 4. The molecule has 2 heterocycles. The first-order chi connectivity index (χ1) is 11.3. The second-order valence-electron chi connectivity index (χ2n) is 6.39. The monoisotopic (exact) mass is 350 g/mol. The fourth-order valence-corrected chi connectivity index (χ4v) is 3.31. The number of carbonyl (C=O) groups is 1. The Morgan fingerprint density at radius 1 is 1.25 bits per heavy atom. The molecule has 5 nitrogen and oxygen atoms in total. The molecule has 3 aliphatic rings. The predicted octanol–water partition coefficient (Wildman–Crippen LogP) is 2.02. The number of amides is 1. The Kier molecular flexibility index (Phi) is 5.31. The van der Waals surface area contributed by atoms with E-state index in [0.29, 0.717) is 25.7 Å². The predicted molar refractivity (Wildman–Crippen MR) is 94.1 cm³/mol. The topological polar surface area (TPSA) is 59.6 Å². The maximum Gasteiger partial charge on any atom is 0.224 e. The van der Waals surface area contributed by atoms with Gasteiger partial charge in [0, 0.05) is 19.0 Å². The lowest BCUT2D eigenvalue weighted by Crippen LogP contribution is -2.30. The van der Waals surface area contributed by atoms with E-state index < -0.39 is 0 Å². The van der Waals surface area contributed by atoms with E-state index >= 15 is 0 Å². The van der Waals surface area contributed by atoms with Crippen LogP contribution in [0.2, 0.25) is 0 Å². The molecule has 2 N–H and O–H groups in total. The molecule has 1 saturated carbocycles. The Labute approximate surface area is 148 Å². The molecule has 2 aliphatic heterocycles. The van der Waals surface area contributed by atoms with Gasteiger partial charge in [0.15, 0.2) is 11.5 Å². The molecule has 0 spiro atoms. The van der Waals surface area contributed by atoms with Crippen molar-refractivity contribution in [1.29, 1.82) is 0 Å². The van der Waals surface area contributed by atoms with Gasteiger partial charge in [-0.3, -0.25) is 4.79 Å². The number of carbonyl (C=O) groups excluding carboxylic acids is 1. The molecule has 0 bridgehead atoms. The quantitative estimate of drug-likeness (QED) is 0.816. The van der Waals surface area contributed by atoms with Gasteiger partial charge in [0.1, 0.15) is 13.2 Å². The summed E-state index contributed by atoms with van der Waals surface area (Å²) in [5, 5.41) is 6.37. The highest BCUT2D eigenvalue weighted by Crippen LogP contribution is 2.49. The van der Waals surface area contributed by atoms with Crippen molar-refractivity contribution >= 4 is 18.3 Å². The number of fused-ring (bicyclic) bond motifs is 1. The van der Waals surface area contributed by atoms with Gasteiger partial charge in [-0.15, -0.1) is 12.4 Å². The summed E-state index contributed by atoms with van der Waals surface area (Å²) in [7, 11) is 0. The van der Waals surface area contributed by atoms with E-state index in [2.05, 4.69) is 22.8 Å². The van der Waals surface area contributed by atoms with Crippen molar-refractivity contribution in [2.75, 3.05) is 32.8 Å². The molecule has 4 rings (SSSR count). The largest absolute Gasteiger partial charge is 0.486 e. The zero-order valence-electron chi connectivity index (χ0n) is 13.5. The first kappa shape index (κ1) is 17.1. The molecular weight excluding hydrogens is 328 g/mol. The number of halogens is 1. The molecule has 0 saturated heterocycles. The molecule has 1 fully saturated rings. The van der Waals surface area contributed by atoms with Crippen LogP contribution in [0.1, 0.15) is 24.3 Å². The van der Waals surface area contributed by atoms with Gasteiger partial charge in [-0.05, 0) is 43.0 Å². The minimum absolute atomic E-state index is 0. The summed E-state index contributed by atoms with van der Waals surface area (Å²) in [6.45, 7) is 3.80. The van der Waals surface area contributed by atoms with Gasteiger partial charge in [-0.2, -0.15) is 0 Å². The molecule has 24 heavy (non-hydrogen) atoms. The highest BCUT2D eigenvalue weighted by atomic mass is 35.5. The van der Waals surface area contributed by atoms with Crippen LogP contribution in [0.3, 0.4) is 0 Å². The molecular formula is C18H23ClN2O3. The summed E-state index contributed by atoms with van der Waals surface area (Å²) in [4.78, 5) is 12.3. The maximum atomic E-state index is 12.3. The van der Waals surface area contributed by atoms with Crippen LogP contribution in [-0.4, -0.2) is 38.8 Å². The first-order valence-electron chi connectivity index (χ1n) is 8.37. The van der Waals surface area contributed by atoms with E-state index in [1.54, 1.807) is 0 Å². The van der Waals surface area contributed by atoms with Gasteiger partial charge in [0.05, 0.1) is 0 Å². The van der Waals surface area contributed by atoms with E-state index in [-0.39, 0.29) is 24.2 Å². The van der Waals surface area contributed by atoms with Gasteiger partial charge in [0.2, 0.25) is 5.91 Å². The van der Waals surface area contributed by atoms with Crippen molar-refractivity contribution < 1.29 is 14.3 Å². The van der Waals surface area contributed by atoms with Crippen molar-refractivity contribution in [2.45, 2.75) is 18.8 Å². The Balaban J connectivity index is 0.00000169. The molecule has 0 radical (unpaired) electrons. The fourth-order valence-electron chi connectivity index (χ4n) is 3.31. The Bertz CT molecular complexity index is 647. The average Bonchev–Trinajstić information content (AvgIpc) is 3.41. The van der Waals surface area contributed by atoms with E-state index in [9.17, 15) is 4.79 Å². The van der Waals surface area contributed by atoms with E-state index in [4.69, 9.17) is 9.47 Å². The van der Waals surface area contributed by atoms with Crippen LogP contribution in [0.5, 0.6) is 11.5 Å². The molecule has 1 amide bonds. The van der Waals surface area contributed by atoms with Crippen molar-refractivity contribution in [1.82, 2.24) is 10.6 Å². The molecule has 2 unspecified atom stereocenters. The number of ether oxygens (including phenoxy) is 2. The Morgan fingerprint density at radius 3 is 2.88 bits per heavy atom. The summed E-state index contributed by atoms with van der Waals surface area (Å²) in [6.07, 6.45) is 4.12.